The van der Waals surface area contributed by atoms with Crippen molar-refractivity contribution in [3.63, 3.8) is 0 Å². The highest BCUT2D eigenvalue weighted by Crippen LogP contribution is 2.39. The minimum atomic E-state index is -0.531. The molecule has 2 aromatic rings. The molecule has 2 atom stereocenters. The Labute approximate surface area is 145 Å². The summed E-state index contributed by atoms with van der Waals surface area (Å²) in [6.45, 7) is 1.37. The zero-order valence-electron chi connectivity index (χ0n) is 13.7. The number of piperidine rings is 1. The van der Waals surface area contributed by atoms with Crippen LogP contribution in [-0.4, -0.2) is 44.2 Å². The molecule has 0 spiro atoms. The molecule has 1 aliphatic carbocycles. The summed E-state index contributed by atoms with van der Waals surface area (Å²) in [5, 5.41) is 13.6. The van der Waals surface area contributed by atoms with E-state index in [2.05, 4.69) is 4.98 Å². The van der Waals surface area contributed by atoms with Crippen LogP contribution in [0.15, 0.2) is 29.9 Å². The molecular weight excluding hydrogens is 322 g/mol. The average molecular weight is 345 g/mol. The van der Waals surface area contributed by atoms with E-state index in [0.29, 0.717) is 19.5 Å². The smallest absolute Gasteiger partial charge is 0.228 e. The van der Waals surface area contributed by atoms with E-state index in [-0.39, 0.29) is 11.8 Å². The number of aromatic nitrogens is 2. The van der Waals surface area contributed by atoms with Gasteiger partial charge in [-0.1, -0.05) is 12.8 Å². The Kier molecular flexibility index (Phi) is 4.18. The van der Waals surface area contributed by atoms with Crippen LogP contribution < -0.4 is 0 Å². The predicted molar refractivity (Wildman–Crippen MR) is 93.2 cm³/mol. The Balaban J connectivity index is 1.40. The fourth-order valence-electron chi connectivity index (χ4n) is 4.02. The lowest BCUT2D eigenvalue weighted by Crippen LogP contribution is -2.54. The van der Waals surface area contributed by atoms with Crippen molar-refractivity contribution >= 4 is 17.2 Å². The summed E-state index contributed by atoms with van der Waals surface area (Å²) < 4.78 is 1.96. The predicted octanol–water partition coefficient (Wildman–Crippen LogP) is 2.63. The third-order valence-electron chi connectivity index (χ3n) is 5.48. The lowest BCUT2D eigenvalue weighted by atomic mass is 9.71. The maximum absolute atomic E-state index is 12.6. The number of nitrogens with zero attached hydrogens (tertiary/aromatic N) is 3. The molecule has 5 nitrogen and oxygen atoms in total. The van der Waals surface area contributed by atoms with Crippen molar-refractivity contribution in [2.45, 2.75) is 44.1 Å². The number of hydrogen-bond donors (Lipinski definition) is 1. The highest BCUT2D eigenvalue weighted by Gasteiger charge is 2.43. The molecule has 1 amide bonds. The lowest BCUT2D eigenvalue weighted by molar-refractivity contribution is -0.142. The maximum Gasteiger partial charge on any atom is 0.228 e. The summed E-state index contributed by atoms with van der Waals surface area (Å²) in [6.07, 6.45) is 9.19. The standard InChI is InChI=1S/C18H23N3O2S/c22-16(11-15-13-24-17(19-15)20-8-3-4-9-20)21-10-7-18(23)6-2-1-5-14(18)12-21/h3-4,8-9,13-14,23H,1-2,5-7,10-12H2. The van der Waals surface area contributed by atoms with E-state index in [1.54, 1.807) is 11.3 Å². The van der Waals surface area contributed by atoms with E-state index in [1.807, 2.05) is 39.4 Å². The van der Waals surface area contributed by atoms with E-state index in [1.165, 1.54) is 6.42 Å². The van der Waals surface area contributed by atoms with E-state index in [0.717, 1.165) is 36.5 Å². The second-order valence-electron chi connectivity index (χ2n) is 7.02. The Morgan fingerprint density at radius 2 is 2.17 bits per heavy atom. The first kappa shape index (κ1) is 15.8. The molecule has 1 saturated heterocycles. The summed E-state index contributed by atoms with van der Waals surface area (Å²) in [5.41, 5.74) is 0.301. The van der Waals surface area contributed by atoms with Crippen LogP contribution in [0.2, 0.25) is 0 Å². The lowest BCUT2D eigenvalue weighted by Gasteiger charge is -2.47. The van der Waals surface area contributed by atoms with Crippen molar-refractivity contribution in [3.8, 4) is 5.13 Å². The van der Waals surface area contributed by atoms with Gasteiger partial charge in [0.1, 0.15) is 0 Å². The van der Waals surface area contributed by atoms with Gasteiger partial charge in [-0.3, -0.25) is 4.79 Å². The third kappa shape index (κ3) is 3.00. The van der Waals surface area contributed by atoms with Gasteiger partial charge in [-0.2, -0.15) is 0 Å². The number of fused-ring (bicyclic) bond motifs is 1. The van der Waals surface area contributed by atoms with Crippen LogP contribution >= 0.6 is 11.3 Å². The zero-order chi connectivity index (χ0) is 16.6. The summed E-state index contributed by atoms with van der Waals surface area (Å²) >= 11 is 1.55. The van der Waals surface area contributed by atoms with Gasteiger partial charge in [0.2, 0.25) is 5.91 Å². The highest BCUT2D eigenvalue weighted by molar-refractivity contribution is 7.12. The zero-order valence-corrected chi connectivity index (χ0v) is 14.5. The minimum absolute atomic E-state index is 0.131. The Hall–Kier alpha value is -1.66. The number of rotatable bonds is 3. The third-order valence-corrected chi connectivity index (χ3v) is 6.38. The molecule has 24 heavy (non-hydrogen) atoms. The van der Waals surface area contributed by atoms with Crippen LogP contribution in [0, 0.1) is 5.92 Å². The molecule has 2 aromatic heterocycles. The molecular formula is C18H23N3O2S. The van der Waals surface area contributed by atoms with Crippen LogP contribution in [0.1, 0.15) is 37.8 Å². The van der Waals surface area contributed by atoms with Crippen LogP contribution in [0.3, 0.4) is 0 Å². The first-order chi connectivity index (χ1) is 11.6. The molecule has 2 aliphatic rings. The SMILES string of the molecule is O=C(Cc1csc(-n2cccc2)n1)N1CCC2(O)CCCCC2C1. The van der Waals surface area contributed by atoms with Crippen LogP contribution in [0.4, 0.5) is 0 Å². The molecule has 128 valence electrons. The minimum Gasteiger partial charge on any atom is -0.389 e. The van der Waals surface area contributed by atoms with Crippen molar-refractivity contribution in [1.82, 2.24) is 14.5 Å². The monoisotopic (exact) mass is 345 g/mol. The Bertz CT molecular complexity index is 712. The van der Waals surface area contributed by atoms with E-state index in [9.17, 15) is 9.90 Å². The van der Waals surface area contributed by atoms with E-state index in [4.69, 9.17) is 0 Å². The molecule has 3 heterocycles. The molecule has 6 heteroatoms. The van der Waals surface area contributed by atoms with Gasteiger partial charge in [0, 0.05) is 36.8 Å². The first-order valence-corrected chi connectivity index (χ1v) is 9.60. The number of thiazole rings is 1. The van der Waals surface area contributed by atoms with Crippen LogP contribution in [0.25, 0.3) is 5.13 Å². The van der Waals surface area contributed by atoms with E-state index < -0.39 is 5.60 Å². The Morgan fingerprint density at radius 1 is 1.33 bits per heavy atom. The van der Waals surface area contributed by atoms with Gasteiger partial charge in [-0.05, 0) is 31.4 Å². The number of amides is 1. The van der Waals surface area contributed by atoms with Crippen LogP contribution in [0.5, 0.6) is 0 Å². The van der Waals surface area contributed by atoms with Gasteiger partial charge < -0.3 is 14.6 Å². The molecule has 1 saturated carbocycles. The fraction of sp³-hybridized carbons (Fsp3) is 0.556. The summed E-state index contributed by atoms with van der Waals surface area (Å²) in [7, 11) is 0. The quantitative estimate of drug-likeness (QED) is 0.930. The molecule has 0 bridgehead atoms. The van der Waals surface area contributed by atoms with Crippen molar-refractivity contribution in [1.29, 1.82) is 0 Å². The molecule has 2 unspecified atom stereocenters. The maximum atomic E-state index is 12.6. The topological polar surface area (TPSA) is 58.4 Å². The second-order valence-corrected chi connectivity index (χ2v) is 7.86. The molecule has 0 aromatic carbocycles. The average Bonchev–Trinajstić information content (AvgIpc) is 3.25. The number of carbonyl (C=O) groups excluding carboxylic acids is 1. The number of hydrogen-bond acceptors (Lipinski definition) is 4. The summed E-state index contributed by atoms with van der Waals surface area (Å²) in [5.74, 6) is 0.377. The van der Waals surface area contributed by atoms with Gasteiger partial charge in [-0.15, -0.1) is 11.3 Å². The van der Waals surface area contributed by atoms with Crippen molar-refractivity contribution in [2.75, 3.05) is 13.1 Å². The van der Waals surface area contributed by atoms with E-state index >= 15 is 0 Å². The number of carbonyl (C=O) groups is 1. The van der Waals surface area contributed by atoms with Gasteiger partial charge in [0.05, 0.1) is 17.7 Å². The van der Waals surface area contributed by atoms with Gasteiger partial charge in [0.15, 0.2) is 5.13 Å². The molecule has 1 N–H and O–H groups in total. The molecule has 1 aliphatic heterocycles. The van der Waals surface area contributed by atoms with Crippen molar-refractivity contribution < 1.29 is 9.90 Å². The summed E-state index contributed by atoms with van der Waals surface area (Å²) in [6, 6.07) is 3.93. The first-order valence-electron chi connectivity index (χ1n) is 8.72. The molecule has 2 fully saturated rings. The van der Waals surface area contributed by atoms with Gasteiger partial charge in [0.25, 0.3) is 0 Å². The normalized spacial score (nSPS) is 27.0. The van der Waals surface area contributed by atoms with Crippen molar-refractivity contribution in [2.24, 2.45) is 5.92 Å². The highest BCUT2D eigenvalue weighted by atomic mass is 32.1. The fourth-order valence-corrected chi connectivity index (χ4v) is 4.81. The molecule has 4 rings (SSSR count). The number of likely N-dealkylation sites (tertiary alicyclic amines) is 1. The van der Waals surface area contributed by atoms with Crippen molar-refractivity contribution in [3.05, 3.63) is 35.6 Å². The van der Waals surface area contributed by atoms with Gasteiger partial charge >= 0.3 is 0 Å². The summed E-state index contributed by atoms with van der Waals surface area (Å²) in [4.78, 5) is 19.1. The van der Waals surface area contributed by atoms with Gasteiger partial charge in [-0.25, -0.2) is 4.98 Å². The Morgan fingerprint density at radius 3 is 3.00 bits per heavy atom. The molecule has 0 radical (unpaired) electrons. The number of aliphatic hydroxyl groups is 1. The largest absolute Gasteiger partial charge is 0.389 e. The second kappa shape index (κ2) is 6.33. The van der Waals surface area contributed by atoms with Crippen LogP contribution in [-0.2, 0) is 11.2 Å².